The van der Waals surface area contributed by atoms with Gasteiger partial charge in [0.25, 0.3) is 0 Å². The number of rotatable bonds is 1. The molecule has 1 amide bonds. The van der Waals surface area contributed by atoms with E-state index in [1.807, 2.05) is 0 Å². The number of hydrogen-bond donors (Lipinski definition) is 1. The Kier molecular flexibility index (Phi) is 2.68. The number of alkyl halides is 3. The van der Waals surface area contributed by atoms with Crippen molar-refractivity contribution in [1.29, 1.82) is 0 Å². The predicted molar refractivity (Wildman–Crippen MR) is 41.0 cm³/mol. The molecule has 1 aliphatic rings. The third-order valence-electron chi connectivity index (χ3n) is 2.16. The zero-order valence-electron chi connectivity index (χ0n) is 7.38. The van der Waals surface area contributed by atoms with Crippen LogP contribution in [0.1, 0.15) is 6.42 Å². The fourth-order valence-corrected chi connectivity index (χ4v) is 1.40. The summed E-state index contributed by atoms with van der Waals surface area (Å²) in [6.07, 6.45) is -4.71. The lowest BCUT2D eigenvalue weighted by molar-refractivity contribution is -0.129. The second-order valence-electron chi connectivity index (χ2n) is 3.08. The Morgan fingerprint density at radius 1 is 1.64 bits per heavy atom. The molecule has 80 valence electrons. The van der Waals surface area contributed by atoms with Crippen molar-refractivity contribution in [1.82, 2.24) is 4.90 Å². The summed E-state index contributed by atoms with van der Waals surface area (Å²) in [5.41, 5.74) is -1.41. The van der Waals surface area contributed by atoms with E-state index in [0.717, 1.165) is 0 Å². The fourth-order valence-electron chi connectivity index (χ4n) is 1.40. The minimum absolute atomic E-state index is 0.0359. The molecular formula is C7H9F3N2O2. The van der Waals surface area contributed by atoms with Crippen molar-refractivity contribution in [3.63, 3.8) is 0 Å². The second kappa shape index (κ2) is 3.47. The largest absolute Gasteiger partial charge is 0.433 e. The summed E-state index contributed by atoms with van der Waals surface area (Å²) in [7, 11) is 1.41. The van der Waals surface area contributed by atoms with Gasteiger partial charge in [0.15, 0.2) is 5.71 Å². The van der Waals surface area contributed by atoms with Crippen molar-refractivity contribution < 1.29 is 23.2 Å². The number of likely N-dealkylation sites (tertiary alicyclic amines) is 1. The molecule has 14 heavy (non-hydrogen) atoms. The van der Waals surface area contributed by atoms with E-state index >= 15 is 0 Å². The number of hydrogen-bond acceptors (Lipinski definition) is 3. The van der Waals surface area contributed by atoms with Gasteiger partial charge in [-0.1, -0.05) is 5.16 Å². The van der Waals surface area contributed by atoms with Gasteiger partial charge in [-0.25, -0.2) is 0 Å². The molecule has 0 saturated carbocycles. The lowest BCUT2D eigenvalue weighted by atomic mass is 10.0. The first-order chi connectivity index (χ1) is 6.38. The monoisotopic (exact) mass is 210 g/mol. The number of halogens is 3. The maximum absolute atomic E-state index is 12.2. The van der Waals surface area contributed by atoms with Crippen molar-refractivity contribution >= 4 is 11.6 Å². The summed E-state index contributed by atoms with van der Waals surface area (Å²) in [5.74, 6) is -2.01. The molecule has 0 bridgehead atoms. The van der Waals surface area contributed by atoms with Crippen LogP contribution in [0.25, 0.3) is 0 Å². The lowest BCUT2D eigenvalue weighted by Crippen LogP contribution is -2.35. The molecule has 1 atom stereocenters. The maximum Gasteiger partial charge on any atom is 0.433 e. The number of carbonyl (C=O) groups is 1. The molecule has 0 spiro atoms. The Bertz CT molecular complexity index is 275. The highest BCUT2D eigenvalue weighted by molar-refractivity contribution is 6.07. The highest BCUT2D eigenvalue weighted by Gasteiger charge is 2.47. The fraction of sp³-hybridized carbons (Fsp3) is 0.714. The molecule has 0 aliphatic carbocycles. The number of nitrogens with zero attached hydrogens (tertiary/aromatic N) is 2. The SMILES string of the molecule is CN1CCC(/C(=N/O)C(F)(F)F)C1=O. The van der Waals surface area contributed by atoms with Crippen molar-refractivity contribution in [2.24, 2.45) is 11.1 Å². The molecule has 1 heterocycles. The van der Waals surface area contributed by atoms with E-state index in [1.165, 1.54) is 11.9 Å². The Morgan fingerprint density at radius 2 is 2.21 bits per heavy atom. The van der Waals surface area contributed by atoms with Crippen LogP contribution >= 0.6 is 0 Å². The summed E-state index contributed by atoms with van der Waals surface area (Å²) < 4.78 is 36.6. The van der Waals surface area contributed by atoms with E-state index in [-0.39, 0.29) is 13.0 Å². The standard InChI is InChI=1S/C7H9F3N2O2/c1-12-3-2-4(6(12)13)5(11-14)7(8,9)10/h4,14H,2-3H2,1H3/b11-5-. The average molecular weight is 210 g/mol. The summed E-state index contributed by atoms with van der Waals surface area (Å²) in [4.78, 5) is 12.4. The molecular weight excluding hydrogens is 201 g/mol. The van der Waals surface area contributed by atoms with Crippen LogP contribution in [0.5, 0.6) is 0 Å². The van der Waals surface area contributed by atoms with Crippen molar-refractivity contribution in [2.75, 3.05) is 13.6 Å². The Labute approximate surface area is 78.0 Å². The Hall–Kier alpha value is -1.27. The van der Waals surface area contributed by atoms with Gasteiger partial charge >= 0.3 is 6.18 Å². The summed E-state index contributed by atoms with van der Waals surface area (Å²) in [5, 5.41) is 10.4. The van der Waals surface area contributed by atoms with Crippen LogP contribution in [-0.4, -0.2) is 41.5 Å². The maximum atomic E-state index is 12.2. The van der Waals surface area contributed by atoms with Crippen LogP contribution in [0, 0.1) is 5.92 Å². The van der Waals surface area contributed by atoms with E-state index in [9.17, 15) is 18.0 Å². The Morgan fingerprint density at radius 3 is 2.50 bits per heavy atom. The van der Waals surface area contributed by atoms with E-state index < -0.39 is 23.7 Å². The number of carbonyl (C=O) groups excluding carboxylic acids is 1. The van der Waals surface area contributed by atoms with Crippen LogP contribution in [-0.2, 0) is 4.79 Å². The molecule has 0 aromatic carbocycles. The van der Waals surface area contributed by atoms with Gasteiger partial charge in [-0.2, -0.15) is 13.2 Å². The molecule has 1 saturated heterocycles. The Balaban J connectivity index is 2.89. The first-order valence-electron chi connectivity index (χ1n) is 3.92. The molecule has 0 radical (unpaired) electrons. The van der Waals surface area contributed by atoms with Gasteiger partial charge in [0.1, 0.15) is 0 Å². The topological polar surface area (TPSA) is 52.9 Å². The molecule has 0 aromatic heterocycles. The normalized spacial score (nSPS) is 24.6. The van der Waals surface area contributed by atoms with Crippen molar-refractivity contribution in [3.05, 3.63) is 0 Å². The lowest BCUT2D eigenvalue weighted by Gasteiger charge is -2.13. The summed E-state index contributed by atoms with van der Waals surface area (Å²) in [6.45, 7) is 0.249. The van der Waals surface area contributed by atoms with Gasteiger partial charge in [-0.05, 0) is 6.42 Å². The van der Waals surface area contributed by atoms with Crippen LogP contribution in [0.2, 0.25) is 0 Å². The van der Waals surface area contributed by atoms with Gasteiger partial charge in [0, 0.05) is 13.6 Å². The van der Waals surface area contributed by atoms with E-state index in [0.29, 0.717) is 0 Å². The van der Waals surface area contributed by atoms with Gasteiger partial charge in [0.05, 0.1) is 5.92 Å². The van der Waals surface area contributed by atoms with Crippen LogP contribution in [0.4, 0.5) is 13.2 Å². The number of amides is 1. The average Bonchev–Trinajstić information content (AvgIpc) is 2.35. The van der Waals surface area contributed by atoms with Gasteiger partial charge in [-0.3, -0.25) is 4.79 Å². The quantitative estimate of drug-likeness (QED) is 0.396. The molecule has 1 N–H and O–H groups in total. The molecule has 1 fully saturated rings. The van der Waals surface area contributed by atoms with Crippen molar-refractivity contribution in [3.8, 4) is 0 Å². The summed E-state index contributed by atoms with van der Waals surface area (Å²) >= 11 is 0. The second-order valence-corrected chi connectivity index (χ2v) is 3.08. The third kappa shape index (κ3) is 1.80. The molecule has 7 heteroatoms. The van der Waals surface area contributed by atoms with Crippen LogP contribution < -0.4 is 0 Å². The van der Waals surface area contributed by atoms with E-state index in [4.69, 9.17) is 5.21 Å². The first kappa shape index (κ1) is 10.8. The molecule has 1 rings (SSSR count). The molecule has 0 aromatic rings. The third-order valence-corrected chi connectivity index (χ3v) is 2.16. The zero-order chi connectivity index (χ0) is 10.9. The van der Waals surface area contributed by atoms with E-state index in [2.05, 4.69) is 5.16 Å². The number of oxime groups is 1. The van der Waals surface area contributed by atoms with Crippen LogP contribution in [0.3, 0.4) is 0 Å². The zero-order valence-corrected chi connectivity index (χ0v) is 7.38. The van der Waals surface area contributed by atoms with Gasteiger partial charge in [-0.15, -0.1) is 0 Å². The minimum Gasteiger partial charge on any atom is -0.411 e. The van der Waals surface area contributed by atoms with Crippen LogP contribution in [0.15, 0.2) is 5.16 Å². The highest BCUT2D eigenvalue weighted by Crippen LogP contribution is 2.28. The highest BCUT2D eigenvalue weighted by atomic mass is 19.4. The molecule has 4 nitrogen and oxygen atoms in total. The van der Waals surface area contributed by atoms with E-state index in [1.54, 1.807) is 0 Å². The van der Waals surface area contributed by atoms with Crippen molar-refractivity contribution in [2.45, 2.75) is 12.6 Å². The smallest absolute Gasteiger partial charge is 0.411 e. The molecule has 1 aliphatic heterocycles. The predicted octanol–water partition coefficient (Wildman–Crippen LogP) is 0.857. The van der Waals surface area contributed by atoms with Gasteiger partial charge < -0.3 is 10.1 Å². The minimum atomic E-state index is -4.75. The van der Waals surface area contributed by atoms with Gasteiger partial charge in [0.2, 0.25) is 5.91 Å². The molecule has 1 unspecified atom stereocenters. The first-order valence-corrected chi connectivity index (χ1v) is 3.92. The summed E-state index contributed by atoms with van der Waals surface area (Å²) in [6, 6.07) is 0.